The van der Waals surface area contributed by atoms with Crippen molar-refractivity contribution in [1.82, 2.24) is 0 Å². The lowest BCUT2D eigenvalue weighted by Gasteiger charge is -2.22. The van der Waals surface area contributed by atoms with Gasteiger partial charge in [0.05, 0.1) is 25.6 Å². The summed E-state index contributed by atoms with van der Waals surface area (Å²) in [7, 11) is 0. The topological polar surface area (TPSA) is 38.7 Å². The first-order chi connectivity index (χ1) is 8.24. The summed E-state index contributed by atoms with van der Waals surface area (Å²) in [4.78, 5) is 0. The minimum absolute atomic E-state index is 0.0505. The van der Waals surface area contributed by atoms with E-state index in [1.807, 2.05) is 24.3 Å². The van der Waals surface area contributed by atoms with Gasteiger partial charge in [-0.15, -0.1) is 0 Å². The zero-order chi connectivity index (χ0) is 12.1. The van der Waals surface area contributed by atoms with Crippen LogP contribution in [0.25, 0.3) is 0 Å². The lowest BCUT2D eigenvalue weighted by molar-refractivity contribution is -0.0111. The van der Waals surface area contributed by atoms with Gasteiger partial charge >= 0.3 is 0 Å². The quantitative estimate of drug-likeness (QED) is 0.929. The van der Waals surface area contributed by atoms with Crippen molar-refractivity contribution in [2.24, 2.45) is 0 Å². The molecule has 0 amide bonds. The molecule has 92 valence electrons. The zero-order valence-corrected chi connectivity index (χ0v) is 11.0. The minimum atomic E-state index is -0.412. The minimum Gasteiger partial charge on any atom is -0.496 e. The fourth-order valence-corrected chi connectivity index (χ4v) is 1.91. The second kappa shape index (κ2) is 6.19. The van der Waals surface area contributed by atoms with Crippen molar-refractivity contribution >= 4 is 15.9 Å². The molecule has 1 aromatic carbocycles. The van der Waals surface area contributed by atoms with Crippen LogP contribution in [0.15, 0.2) is 41.1 Å². The molecule has 2 atom stereocenters. The molecule has 2 rings (SSSR count). The second-order valence-electron chi connectivity index (χ2n) is 4.03. The summed E-state index contributed by atoms with van der Waals surface area (Å²) in [5.41, 5.74) is 1.13. The smallest absolute Gasteiger partial charge is 0.124 e. The van der Waals surface area contributed by atoms with Gasteiger partial charge in [-0.1, -0.05) is 28.1 Å². The molecule has 4 heteroatoms. The van der Waals surface area contributed by atoms with Crippen LogP contribution in [0.5, 0.6) is 0 Å². The van der Waals surface area contributed by atoms with Gasteiger partial charge < -0.3 is 14.6 Å². The van der Waals surface area contributed by atoms with Crippen LogP contribution in [0.1, 0.15) is 12.0 Å². The maximum atomic E-state index is 9.40. The Bertz CT molecular complexity index is 375. The van der Waals surface area contributed by atoms with Gasteiger partial charge in [0, 0.05) is 10.9 Å². The Kier molecular flexibility index (Phi) is 4.59. The van der Waals surface area contributed by atoms with Crippen molar-refractivity contribution in [2.75, 3.05) is 6.61 Å². The number of halogens is 1. The predicted molar refractivity (Wildman–Crippen MR) is 68.4 cm³/mol. The molecule has 1 aliphatic rings. The number of rotatable bonds is 4. The number of aliphatic hydroxyl groups is 1. The van der Waals surface area contributed by atoms with E-state index in [-0.39, 0.29) is 6.10 Å². The highest BCUT2D eigenvalue weighted by Gasteiger charge is 2.17. The Hall–Kier alpha value is -0.840. The highest BCUT2D eigenvalue weighted by molar-refractivity contribution is 9.10. The monoisotopic (exact) mass is 298 g/mol. The highest BCUT2D eigenvalue weighted by atomic mass is 79.9. The van der Waals surface area contributed by atoms with E-state index in [0.717, 1.165) is 10.0 Å². The summed E-state index contributed by atoms with van der Waals surface area (Å²) in [6, 6.07) is 8.01. The molecule has 1 N–H and O–H groups in total. The number of hydrogen-bond donors (Lipinski definition) is 1. The number of ether oxygens (including phenoxy) is 2. The van der Waals surface area contributed by atoms with Gasteiger partial charge in [0.25, 0.3) is 0 Å². The van der Waals surface area contributed by atoms with Gasteiger partial charge in [-0.2, -0.15) is 0 Å². The summed E-state index contributed by atoms with van der Waals surface area (Å²) in [6.45, 7) is 1.06. The molecule has 0 fully saturated rings. The van der Waals surface area contributed by atoms with Gasteiger partial charge in [0.2, 0.25) is 0 Å². The molecular weight excluding hydrogens is 284 g/mol. The Balaban J connectivity index is 1.72. The summed E-state index contributed by atoms with van der Waals surface area (Å²) in [5.74, 6) is 0. The Labute approximate surface area is 109 Å². The first-order valence-electron chi connectivity index (χ1n) is 5.56. The van der Waals surface area contributed by atoms with Crippen molar-refractivity contribution in [3.8, 4) is 0 Å². The van der Waals surface area contributed by atoms with E-state index in [0.29, 0.717) is 19.6 Å². The molecule has 0 aliphatic carbocycles. The Morgan fingerprint density at radius 2 is 2.12 bits per heavy atom. The molecular formula is C13H15BrO3. The van der Waals surface area contributed by atoms with Crippen molar-refractivity contribution in [3.05, 3.63) is 46.6 Å². The van der Waals surface area contributed by atoms with Crippen LogP contribution >= 0.6 is 15.9 Å². The van der Waals surface area contributed by atoms with E-state index >= 15 is 0 Å². The number of hydrogen-bond acceptors (Lipinski definition) is 3. The highest BCUT2D eigenvalue weighted by Crippen LogP contribution is 2.14. The van der Waals surface area contributed by atoms with E-state index in [2.05, 4.69) is 15.9 Å². The molecule has 0 aromatic heterocycles. The maximum absolute atomic E-state index is 9.40. The van der Waals surface area contributed by atoms with E-state index < -0.39 is 6.10 Å². The molecule has 0 spiro atoms. The van der Waals surface area contributed by atoms with Gasteiger partial charge in [-0.25, -0.2) is 0 Å². The third-order valence-electron chi connectivity index (χ3n) is 2.56. The molecule has 0 unspecified atom stereocenters. The second-order valence-corrected chi connectivity index (χ2v) is 4.95. The van der Waals surface area contributed by atoms with Crippen LogP contribution in [0.4, 0.5) is 0 Å². The summed E-state index contributed by atoms with van der Waals surface area (Å²) >= 11 is 3.39. The number of aliphatic hydroxyl groups excluding tert-OH is 1. The predicted octanol–water partition coefficient (Wildman–Crippen LogP) is 2.63. The van der Waals surface area contributed by atoms with Crippen LogP contribution in [0.3, 0.4) is 0 Å². The SMILES string of the molecule is O[C@@H]1C=CO[C@H](COCc2ccc(Br)cc2)C1. The van der Waals surface area contributed by atoms with Crippen molar-refractivity contribution in [3.63, 3.8) is 0 Å². The van der Waals surface area contributed by atoms with Crippen LogP contribution < -0.4 is 0 Å². The first-order valence-corrected chi connectivity index (χ1v) is 6.36. The third kappa shape index (κ3) is 4.15. The van der Waals surface area contributed by atoms with E-state index in [1.165, 1.54) is 0 Å². The molecule has 1 aromatic rings. The molecule has 1 aliphatic heterocycles. The Morgan fingerprint density at radius 1 is 1.35 bits per heavy atom. The molecule has 0 saturated heterocycles. The lowest BCUT2D eigenvalue weighted by atomic mass is 10.1. The summed E-state index contributed by atoms with van der Waals surface area (Å²) < 4.78 is 12.0. The average molecular weight is 299 g/mol. The molecule has 0 saturated carbocycles. The van der Waals surface area contributed by atoms with Crippen LogP contribution in [0.2, 0.25) is 0 Å². The average Bonchev–Trinajstić information content (AvgIpc) is 2.32. The molecule has 0 bridgehead atoms. The zero-order valence-electron chi connectivity index (χ0n) is 9.38. The molecule has 1 heterocycles. The van der Waals surface area contributed by atoms with Gasteiger partial charge in [0.15, 0.2) is 0 Å². The molecule has 0 radical (unpaired) electrons. The van der Waals surface area contributed by atoms with Crippen molar-refractivity contribution in [1.29, 1.82) is 0 Å². The Morgan fingerprint density at radius 3 is 2.82 bits per heavy atom. The van der Waals surface area contributed by atoms with Gasteiger partial charge in [0.1, 0.15) is 6.10 Å². The third-order valence-corrected chi connectivity index (χ3v) is 3.09. The largest absolute Gasteiger partial charge is 0.496 e. The molecule has 3 nitrogen and oxygen atoms in total. The standard InChI is InChI=1S/C13H15BrO3/c14-11-3-1-10(2-4-11)8-16-9-13-7-12(15)5-6-17-13/h1-6,12-13,15H,7-9H2/t12-,13+/m1/s1. The van der Waals surface area contributed by atoms with Crippen LogP contribution in [-0.2, 0) is 16.1 Å². The van der Waals surface area contributed by atoms with Gasteiger partial charge in [-0.3, -0.25) is 0 Å². The van der Waals surface area contributed by atoms with E-state index in [1.54, 1.807) is 12.3 Å². The van der Waals surface area contributed by atoms with Crippen molar-refractivity contribution in [2.45, 2.75) is 25.2 Å². The number of benzene rings is 1. The fourth-order valence-electron chi connectivity index (χ4n) is 1.65. The first kappa shape index (κ1) is 12.6. The normalized spacial score (nSPS) is 23.4. The lowest BCUT2D eigenvalue weighted by Crippen LogP contribution is -2.26. The molecule has 17 heavy (non-hydrogen) atoms. The van der Waals surface area contributed by atoms with E-state index in [4.69, 9.17) is 9.47 Å². The van der Waals surface area contributed by atoms with Crippen LogP contribution in [0, 0.1) is 0 Å². The summed E-state index contributed by atoms with van der Waals surface area (Å²) in [5, 5.41) is 9.40. The fraction of sp³-hybridized carbons (Fsp3) is 0.385. The maximum Gasteiger partial charge on any atom is 0.124 e. The van der Waals surface area contributed by atoms with E-state index in [9.17, 15) is 5.11 Å². The summed E-state index contributed by atoms with van der Waals surface area (Å²) in [6.07, 6.45) is 3.32. The van der Waals surface area contributed by atoms with Crippen LogP contribution in [-0.4, -0.2) is 23.9 Å². The van der Waals surface area contributed by atoms with Crippen molar-refractivity contribution < 1.29 is 14.6 Å². The van der Waals surface area contributed by atoms with Gasteiger partial charge in [-0.05, 0) is 23.8 Å².